The molecule has 0 aliphatic rings. The predicted molar refractivity (Wildman–Crippen MR) is 62.8 cm³/mol. The molecule has 0 unspecified atom stereocenters. The number of halogens is 1. The van der Waals surface area contributed by atoms with E-state index in [-0.39, 0.29) is 24.1 Å². The molecule has 1 amide bonds. The monoisotopic (exact) mass is 247 g/mol. The topological polar surface area (TPSA) is 53.0 Å². The van der Waals surface area contributed by atoms with Crippen LogP contribution in [0.15, 0.2) is 12.2 Å². The summed E-state index contributed by atoms with van der Waals surface area (Å²) >= 11 is 0. The molecule has 16 heavy (non-hydrogen) atoms. The smallest absolute Gasteiger partial charge is 0.251 e. The number of nitrogens with zero attached hydrogens (tertiary/aromatic N) is 1. The standard InChI is InChI=1S/C11H21N3O.ClH/c1-9(2)11(15)13-10(12)7-6-8-14(3,4)5;/h1,6-8H2,2-5H3,(H-,12,13,15);1H. The zero-order chi connectivity index (χ0) is 12.1. The number of amidine groups is 1. The van der Waals surface area contributed by atoms with Gasteiger partial charge in [0.05, 0.1) is 27.7 Å². The molecule has 0 atom stereocenters. The highest BCUT2D eigenvalue weighted by atomic mass is 35.5. The normalized spacial score (nSPS) is 10.2. The van der Waals surface area contributed by atoms with Crippen LogP contribution in [0.5, 0.6) is 0 Å². The maximum atomic E-state index is 11.2. The van der Waals surface area contributed by atoms with Crippen LogP contribution < -0.4 is 17.7 Å². The fourth-order valence-electron chi connectivity index (χ4n) is 1.04. The molecule has 0 saturated carbocycles. The van der Waals surface area contributed by atoms with Crippen LogP contribution in [0.3, 0.4) is 0 Å². The molecule has 94 valence electrons. The van der Waals surface area contributed by atoms with Crippen LogP contribution in [0.4, 0.5) is 0 Å². The Bertz CT molecular complexity index is 269. The van der Waals surface area contributed by atoms with Crippen molar-refractivity contribution in [3.8, 4) is 0 Å². The Kier molecular flexibility index (Phi) is 8.12. The van der Waals surface area contributed by atoms with Crippen LogP contribution in [0.1, 0.15) is 19.8 Å². The molecule has 0 heterocycles. The van der Waals surface area contributed by atoms with Crippen LogP contribution in [-0.4, -0.2) is 43.9 Å². The van der Waals surface area contributed by atoms with Gasteiger partial charge in [0.2, 0.25) is 0 Å². The summed E-state index contributed by atoms with van der Waals surface area (Å²) in [7, 11) is 6.32. The average Bonchev–Trinajstić information content (AvgIpc) is 2.01. The molecular formula is C11H22ClN3O. The third-order valence-corrected chi connectivity index (χ3v) is 1.91. The molecular weight excluding hydrogens is 226 g/mol. The molecule has 0 aliphatic carbocycles. The van der Waals surface area contributed by atoms with Crippen molar-refractivity contribution in [3.63, 3.8) is 0 Å². The number of carbonyl (C=O) groups excluding carboxylic acids is 1. The summed E-state index contributed by atoms with van der Waals surface area (Å²) in [5.41, 5.74) is 0.436. The molecule has 0 radical (unpaired) electrons. The second kappa shape index (κ2) is 7.41. The Morgan fingerprint density at radius 3 is 2.25 bits per heavy atom. The summed E-state index contributed by atoms with van der Waals surface area (Å²) in [6.07, 6.45) is 1.51. The first-order valence-corrected chi connectivity index (χ1v) is 5.07. The van der Waals surface area contributed by atoms with E-state index in [1.165, 1.54) is 0 Å². The van der Waals surface area contributed by atoms with Crippen LogP contribution in [0, 0.1) is 5.41 Å². The van der Waals surface area contributed by atoms with E-state index in [2.05, 4.69) is 33.0 Å². The molecule has 0 saturated heterocycles. The molecule has 0 fully saturated rings. The summed E-state index contributed by atoms with van der Waals surface area (Å²) in [5.74, 6) is 0.0155. The molecule has 0 rings (SSSR count). The van der Waals surface area contributed by atoms with Crippen molar-refractivity contribution >= 4 is 11.7 Å². The fraction of sp³-hybridized carbons (Fsp3) is 0.636. The predicted octanol–water partition coefficient (Wildman–Crippen LogP) is -1.85. The molecule has 0 spiro atoms. The zero-order valence-electron chi connectivity index (χ0n) is 10.6. The number of hydrogen-bond donors (Lipinski definition) is 2. The fourth-order valence-corrected chi connectivity index (χ4v) is 1.04. The molecule has 0 aromatic rings. The van der Waals surface area contributed by atoms with Gasteiger partial charge in [0, 0.05) is 18.4 Å². The van der Waals surface area contributed by atoms with Crippen molar-refractivity contribution in [1.29, 1.82) is 5.41 Å². The van der Waals surface area contributed by atoms with Gasteiger partial charge in [-0.05, 0) is 6.92 Å². The number of quaternary nitrogens is 1. The Morgan fingerprint density at radius 1 is 1.38 bits per heavy atom. The van der Waals surface area contributed by atoms with Gasteiger partial charge in [-0.25, -0.2) is 0 Å². The molecule has 2 N–H and O–H groups in total. The first kappa shape index (κ1) is 17.5. The lowest BCUT2D eigenvalue weighted by atomic mass is 10.2. The van der Waals surface area contributed by atoms with Crippen molar-refractivity contribution in [2.75, 3.05) is 27.7 Å². The lowest BCUT2D eigenvalue weighted by molar-refractivity contribution is -0.870. The van der Waals surface area contributed by atoms with Gasteiger partial charge in [-0.15, -0.1) is 0 Å². The van der Waals surface area contributed by atoms with Crippen LogP contribution >= 0.6 is 0 Å². The van der Waals surface area contributed by atoms with Crippen LogP contribution in [0.25, 0.3) is 0 Å². The van der Waals surface area contributed by atoms with Gasteiger partial charge in [0.1, 0.15) is 5.84 Å². The summed E-state index contributed by atoms with van der Waals surface area (Å²) in [6, 6.07) is 0. The third kappa shape index (κ3) is 9.68. The van der Waals surface area contributed by atoms with Crippen LogP contribution in [0.2, 0.25) is 0 Å². The molecule has 5 heteroatoms. The largest absolute Gasteiger partial charge is 1.00 e. The molecule has 0 aliphatic heterocycles. The van der Waals surface area contributed by atoms with E-state index in [4.69, 9.17) is 5.41 Å². The van der Waals surface area contributed by atoms with E-state index in [9.17, 15) is 4.79 Å². The van der Waals surface area contributed by atoms with E-state index in [0.717, 1.165) is 17.4 Å². The first-order valence-electron chi connectivity index (χ1n) is 5.07. The van der Waals surface area contributed by atoms with E-state index in [1.54, 1.807) is 6.92 Å². The summed E-state index contributed by atoms with van der Waals surface area (Å²) in [5, 5.41) is 10.0. The highest BCUT2D eigenvalue weighted by Gasteiger charge is 2.09. The second-order valence-corrected chi connectivity index (χ2v) is 4.83. The molecule has 0 aromatic carbocycles. The molecule has 4 nitrogen and oxygen atoms in total. The maximum absolute atomic E-state index is 11.2. The van der Waals surface area contributed by atoms with Gasteiger partial charge >= 0.3 is 0 Å². The number of amides is 1. The zero-order valence-corrected chi connectivity index (χ0v) is 11.3. The SMILES string of the molecule is C=C(C)C(=O)NC(=N)CCC[N+](C)(C)C.[Cl-]. The maximum Gasteiger partial charge on any atom is 0.251 e. The minimum absolute atomic E-state index is 0. The Morgan fingerprint density at radius 2 is 1.88 bits per heavy atom. The van der Waals surface area contributed by atoms with Gasteiger partial charge in [-0.1, -0.05) is 6.58 Å². The van der Waals surface area contributed by atoms with Gasteiger partial charge in [0.15, 0.2) is 0 Å². The van der Waals surface area contributed by atoms with Crippen molar-refractivity contribution in [2.45, 2.75) is 19.8 Å². The number of carbonyl (C=O) groups is 1. The third-order valence-electron chi connectivity index (χ3n) is 1.91. The Hall–Kier alpha value is -0.870. The van der Waals surface area contributed by atoms with Crippen LogP contribution in [-0.2, 0) is 4.79 Å². The van der Waals surface area contributed by atoms with Gasteiger partial charge < -0.3 is 22.2 Å². The number of rotatable bonds is 5. The van der Waals surface area contributed by atoms with Gasteiger partial charge in [0.25, 0.3) is 5.91 Å². The van der Waals surface area contributed by atoms with E-state index >= 15 is 0 Å². The van der Waals surface area contributed by atoms with Crippen molar-refractivity contribution in [1.82, 2.24) is 5.32 Å². The van der Waals surface area contributed by atoms with Gasteiger partial charge in [-0.3, -0.25) is 10.2 Å². The van der Waals surface area contributed by atoms with E-state index in [1.807, 2.05) is 0 Å². The number of nitrogens with one attached hydrogen (secondary N) is 2. The minimum atomic E-state index is -0.259. The second-order valence-electron chi connectivity index (χ2n) is 4.83. The lowest BCUT2D eigenvalue weighted by Crippen LogP contribution is -3.00. The molecule has 0 aromatic heterocycles. The summed E-state index contributed by atoms with van der Waals surface area (Å²) in [4.78, 5) is 11.2. The van der Waals surface area contributed by atoms with E-state index < -0.39 is 0 Å². The Labute approximate surface area is 104 Å². The summed E-state index contributed by atoms with van der Waals surface area (Å²) in [6.45, 7) is 6.14. The quantitative estimate of drug-likeness (QED) is 0.255. The molecule has 0 bridgehead atoms. The van der Waals surface area contributed by atoms with E-state index in [0.29, 0.717) is 12.0 Å². The lowest BCUT2D eigenvalue weighted by Gasteiger charge is -2.23. The summed E-state index contributed by atoms with van der Waals surface area (Å²) < 4.78 is 0.877. The minimum Gasteiger partial charge on any atom is -1.00 e. The highest BCUT2D eigenvalue weighted by molar-refractivity contribution is 6.04. The van der Waals surface area contributed by atoms with Crippen molar-refractivity contribution in [3.05, 3.63) is 12.2 Å². The number of hydrogen-bond acceptors (Lipinski definition) is 2. The van der Waals surface area contributed by atoms with Crippen molar-refractivity contribution < 1.29 is 21.7 Å². The Balaban J connectivity index is 0. The van der Waals surface area contributed by atoms with Gasteiger partial charge in [-0.2, -0.15) is 0 Å². The van der Waals surface area contributed by atoms with Crippen molar-refractivity contribution in [2.24, 2.45) is 0 Å². The highest BCUT2D eigenvalue weighted by Crippen LogP contribution is 1.98. The first-order chi connectivity index (χ1) is 6.72. The average molecular weight is 248 g/mol.